The lowest BCUT2D eigenvalue weighted by atomic mass is 10.1. The van der Waals surface area contributed by atoms with Crippen molar-refractivity contribution in [2.24, 2.45) is 7.05 Å². The van der Waals surface area contributed by atoms with Gasteiger partial charge in [-0.2, -0.15) is 5.10 Å². The summed E-state index contributed by atoms with van der Waals surface area (Å²) >= 11 is 6.39. The number of hydrogen-bond acceptors (Lipinski definition) is 4. The smallest absolute Gasteiger partial charge is 0.131 e. The molecule has 1 N–H and O–H groups in total. The van der Waals surface area contributed by atoms with Crippen LogP contribution >= 0.6 is 11.6 Å². The van der Waals surface area contributed by atoms with Crippen molar-refractivity contribution < 1.29 is 5.11 Å². The molecule has 0 spiro atoms. The second-order valence-electron chi connectivity index (χ2n) is 6.72. The molecule has 2 fully saturated rings. The van der Waals surface area contributed by atoms with Crippen LogP contribution < -0.4 is 0 Å². The van der Waals surface area contributed by atoms with Crippen LogP contribution in [0, 0.1) is 6.92 Å². The number of likely N-dealkylation sites (tertiary alicyclic amines) is 2. The van der Waals surface area contributed by atoms with Gasteiger partial charge in [-0.3, -0.25) is 14.5 Å². The van der Waals surface area contributed by atoms with Gasteiger partial charge in [-0.05, 0) is 45.7 Å². The van der Waals surface area contributed by atoms with E-state index in [4.69, 9.17) is 11.6 Å². The Hall–Kier alpha value is -0.620. The molecule has 0 bridgehead atoms. The van der Waals surface area contributed by atoms with Gasteiger partial charge in [0.25, 0.3) is 0 Å². The third kappa shape index (κ3) is 3.18. The van der Waals surface area contributed by atoms with Crippen LogP contribution in [0.2, 0.25) is 5.15 Å². The second kappa shape index (κ2) is 6.87. The molecule has 0 saturated carbocycles. The zero-order chi connectivity index (χ0) is 15.7. The van der Waals surface area contributed by atoms with E-state index in [1.54, 1.807) is 4.68 Å². The summed E-state index contributed by atoms with van der Waals surface area (Å²) in [5, 5.41) is 14.7. The minimum absolute atomic E-state index is 0.292. The standard InChI is InChI=1S/C16H27ClN4O/c1-12-15(16(17)19(2)18-12)10-21-8-3-5-13(21)9-20-7-4-6-14(20)11-22/h13-14,22H,3-11H2,1-2H3. The van der Waals surface area contributed by atoms with Gasteiger partial charge in [0.15, 0.2) is 0 Å². The summed E-state index contributed by atoms with van der Waals surface area (Å²) in [6.45, 7) is 6.55. The first-order valence-electron chi connectivity index (χ1n) is 8.37. The van der Waals surface area contributed by atoms with Crippen LogP contribution in [0.25, 0.3) is 0 Å². The molecule has 0 radical (unpaired) electrons. The predicted molar refractivity (Wildman–Crippen MR) is 88.1 cm³/mol. The molecule has 3 heterocycles. The highest BCUT2D eigenvalue weighted by molar-refractivity contribution is 6.30. The quantitative estimate of drug-likeness (QED) is 0.896. The first kappa shape index (κ1) is 16.2. The van der Waals surface area contributed by atoms with Crippen LogP contribution in [0.15, 0.2) is 0 Å². The molecule has 2 saturated heterocycles. The fourth-order valence-electron chi connectivity index (χ4n) is 3.98. The highest BCUT2D eigenvalue weighted by Gasteiger charge is 2.32. The van der Waals surface area contributed by atoms with Crippen LogP contribution in [0.4, 0.5) is 0 Å². The van der Waals surface area contributed by atoms with Gasteiger partial charge in [-0.1, -0.05) is 11.6 Å². The molecule has 1 aromatic rings. The number of aryl methyl sites for hydroxylation is 2. The molecule has 5 nitrogen and oxygen atoms in total. The number of aromatic nitrogens is 2. The molecule has 3 rings (SSSR count). The normalized spacial score (nSPS) is 27.1. The molecule has 22 heavy (non-hydrogen) atoms. The molecule has 2 aliphatic heterocycles. The van der Waals surface area contributed by atoms with Crippen molar-refractivity contribution in [3.63, 3.8) is 0 Å². The van der Waals surface area contributed by atoms with Crippen LogP contribution in [-0.2, 0) is 13.6 Å². The fourth-order valence-corrected chi connectivity index (χ4v) is 4.21. The van der Waals surface area contributed by atoms with E-state index < -0.39 is 0 Å². The number of hydrogen-bond donors (Lipinski definition) is 1. The summed E-state index contributed by atoms with van der Waals surface area (Å²) < 4.78 is 1.76. The molecule has 0 aliphatic carbocycles. The largest absolute Gasteiger partial charge is 0.395 e. The third-order valence-electron chi connectivity index (χ3n) is 5.29. The van der Waals surface area contributed by atoms with Gasteiger partial charge in [-0.25, -0.2) is 0 Å². The van der Waals surface area contributed by atoms with Gasteiger partial charge in [-0.15, -0.1) is 0 Å². The van der Waals surface area contributed by atoms with Crippen LogP contribution in [-0.4, -0.2) is 63.0 Å². The zero-order valence-electron chi connectivity index (χ0n) is 13.6. The average Bonchev–Trinajstić information content (AvgIpc) is 3.18. The lowest BCUT2D eigenvalue weighted by molar-refractivity contribution is 0.120. The fraction of sp³-hybridized carbons (Fsp3) is 0.812. The molecule has 2 atom stereocenters. The first-order valence-corrected chi connectivity index (χ1v) is 8.75. The van der Waals surface area contributed by atoms with Crippen molar-refractivity contribution in [1.29, 1.82) is 0 Å². The highest BCUT2D eigenvalue weighted by atomic mass is 35.5. The van der Waals surface area contributed by atoms with E-state index in [1.165, 1.54) is 19.3 Å². The van der Waals surface area contributed by atoms with Crippen molar-refractivity contribution in [3.05, 3.63) is 16.4 Å². The topological polar surface area (TPSA) is 44.5 Å². The Bertz CT molecular complexity index is 518. The van der Waals surface area contributed by atoms with Gasteiger partial charge >= 0.3 is 0 Å². The second-order valence-corrected chi connectivity index (χ2v) is 7.08. The molecule has 2 unspecified atom stereocenters. The Labute approximate surface area is 137 Å². The molecular formula is C16H27ClN4O. The van der Waals surface area contributed by atoms with Gasteiger partial charge < -0.3 is 5.11 Å². The average molecular weight is 327 g/mol. The van der Waals surface area contributed by atoms with Crippen molar-refractivity contribution >= 4 is 11.6 Å². The maximum Gasteiger partial charge on any atom is 0.131 e. The minimum Gasteiger partial charge on any atom is -0.395 e. The molecule has 124 valence electrons. The Morgan fingerprint density at radius 2 is 1.86 bits per heavy atom. The Morgan fingerprint density at radius 3 is 2.50 bits per heavy atom. The van der Waals surface area contributed by atoms with Gasteiger partial charge in [0.2, 0.25) is 0 Å². The predicted octanol–water partition coefficient (Wildman–Crippen LogP) is 1.80. The molecule has 2 aliphatic rings. The van der Waals surface area contributed by atoms with E-state index >= 15 is 0 Å². The van der Waals surface area contributed by atoms with Gasteiger partial charge in [0, 0.05) is 37.8 Å². The third-order valence-corrected chi connectivity index (χ3v) is 5.76. The highest BCUT2D eigenvalue weighted by Crippen LogP contribution is 2.27. The summed E-state index contributed by atoms with van der Waals surface area (Å²) in [6, 6.07) is 0.939. The Morgan fingerprint density at radius 1 is 1.18 bits per heavy atom. The van der Waals surface area contributed by atoms with Crippen molar-refractivity contribution in [3.8, 4) is 0 Å². The molecule has 6 heteroatoms. The van der Waals surface area contributed by atoms with Crippen molar-refractivity contribution in [1.82, 2.24) is 19.6 Å². The van der Waals surface area contributed by atoms with E-state index in [-0.39, 0.29) is 0 Å². The lowest BCUT2D eigenvalue weighted by Gasteiger charge is -2.31. The number of nitrogens with zero attached hydrogens (tertiary/aromatic N) is 4. The van der Waals surface area contributed by atoms with E-state index in [0.29, 0.717) is 18.7 Å². The van der Waals surface area contributed by atoms with Crippen LogP contribution in [0.3, 0.4) is 0 Å². The maximum absolute atomic E-state index is 9.50. The van der Waals surface area contributed by atoms with Gasteiger partial charge in [0.1, 0.15) is 5.15 Å². The Kier molecular flexibility index (Phi) is 5.07. The SMILES string of the molecule is Cc1nn(C)c(Cl)c1CN1CCCC1CN1CCCC1CO. The number of halogens is 1. The van der Waals surface area contributed by atoms with E-state index in [9.17, 15) is 5.11 Å². The van der Waals surface area contributed by atoms with Crippen molar-refractivity contribution in [2.75, 3.05) is 26.2 Å². The first-order chi connectivity index (χ1) is 10.6. The lowest BCUT2D eigenvalue weighted by Crippen LogP contribution is -2.43. The summed E-state index contributed by atoms with van der Waals surface area (Å²) in [5.41, 5.74) is 2.20. The molecule has 1 aromatic heterocycles. The van der Waals surface area contributed by atoms with E-state index in [0.717, 1.165) is 49.0 Å². The Balaban J connectivity index is 1.65. The number of rotatable bonds is 5. The summed E-state index contributed by atoms with van der Waals surface area (Å²) in [6.07, 6.45) is 4.84. The van der Waals surface area contributed by atoms with Crippen LogP contribution in [0.5, 0.6) is 0 Å². The van der Waals surface area contributed by atoms with E-state index in [1.807, 2.05) is 14.0 Å². The molecular weight excluding hydrogens is 300 g/mol. The molecule has 0 aromatic carbocycles. The summed E-state index contributed by atoms with van der Waals surface area (Å²) in [4.78, 5) is 5.02. The summed E-state index contributed by atoms with van der Waals surface area (Å²) in [5.74, 6) is 0. The monoisotopic (exact) mass is 326 g/mol. The zero-order valence-corrected chi connectivity index (χ0v) is 14.4. The van der Waals surface area contributed by atoms with Gasteiger partial charge in [0.05, 0.1) is 12.3 Å². The maximum atomic E-state index is 9.50. The van der Waals surface area contributed by atoms with Crippen LogP contribution in [0.1, 0.15) is 36.9 Å². The number of aliphatic hydroxyl groups excluding tert-OH is 1. The van der Waals surface area contributed by atoms with Crippen molar-refractivity contribution in [2.45, 2.75) is 51.2 Å². The number of aliphatic hydroxyl groups is 1. The van der Waals surface area contributed by atoms with E-state index in [2.05, 4.69) is 14.9 Å². The minimum atomic E-state index is 0.292. The summed E-state index contributed by atoms with van der Waals surface area (Å²) in [7, 11) is 1.90. The molecule has 0 amide bonds.